The molecule has 2 aromatic rings. The van der Waals surface area contributed by atoms with Crippen LogP contribution >= 0.6 is 0 Å². The van der Waals surface area contributed by atoms with Gasteiger partial charge in [0.1, 0.15) is 5.82 Å². The van der Waals surface area contributed by atoms with Crippen molar-refractivity contribution >= 4 is 17.8 Å². The summed E-state index contributed by atoms with van der Waals surface area (Å²) in [6, 6.07) is 12.9. The minimum Gasteiger partial charge on any atom is -0.481 e. The average molecular weight is 228 g/mol. The smallest absolute Gasteiger partial charge is 0.214 e. The maximum atomic E-state index is 10.9. The molecular formula is C13H12N2O2. The van der Waals surface area contributed by atoms with Crippen LogP contribution in [0.2, 0.25) is 0 Å². The summed E-state index contributed by atoms with van der Waals surface area (Å²) in [7, 11) is 1.54. The van der Waals surface area contributed by atoms with Crippen LogP contribution in [0.15, 0.2) is 42.5 Å². The quantitative estimate of drug-likeness (QED) is 0.817. The predicted molar refractivity (Wildman–Crippen MR) is 65.9 cm³/mol. The molecule has 0 fully saturated rings. The SMILES string of the molecule is COc1ccc(C=O)c(Nc2ccccc2)n1. The molecule has 17 heavy (non-hydrogen) atoms. The Kier molecular flexibility index (Phi) is 3.35. The molecule has 1 aromatic heterocycles. The van der Waals surface area contributed by atoms with E-state index in [1.54, 1.807) is 12.1 Å². The number of benzene rings is 1. The maximum Gasteiger partial charge on any atom is 0.214 e. The first-order valence-electron chi connectivity index (χ1n) is 5.16. The van der Waals surface area contributed by atoms with Gasteiger partial charge in [-0.05, 0) is 18.2 Å². The molecule has 0 unspecified atom stereocenters. The lowest BCUT2D eigenvalue weighted by molar-refractivity contribution is 0.112. The number of carbonyl (C=O) groups is 1. The van der Waals surface area contributed by atoms with Crippen LogP contribution < -0.4 is 10.1 Å². The van der Waals surface area contributed by atoms with E-state index in [2.05, 4.69) is 10.3 Å². The van der Waals surface area contributed by atoms with Crippen molar-refractivity contribution in [1.82, 2.24) is 4.98 Å². The zero-order valence-corrected chi connectivity index (χ0v) is 9.38. The van der Waals surface area contributed by atoms with E-state index in [4.69, 9.17) is 4.74 Å². The summed E-state index contributed by atoms with van der Waals surface area (Å²) in [5.41, 5.74) is 1.37. The summed E-state index contributed by atoms with van der Waals surface area (Å²) in [4.78, 5) is 15.1. The second-order valence-electron chi connectivity index (χ2n) is 3.40. The van der Waals surface area contributed by atoms with E-state index < -0.39 is 0 Å². The van der Waals surface area contributed by atoms with E-state index in [1.165, 1.54) is 7.11 Å². The number of nitrogens with one attached hydrogen (secondary N) is 1. The van der Waals surface area contributed by atoms with Crippen molar-refractivity contribution in [3.8, 4) is 5.88 Å². The molecule has 1 aromatic carbocycles. The van der Waals surface area contributed by atoms with Gasteiger partial charge >= 0.3 is 0 Å². The fourth-order valence-electron chi connectivity index (χ4n) is 1.42. The van der Waals surface area contributed by atoms with E-state index in [9.17, 15) is 4.79 Å². The van der Waals surface area contributed by atoms with Crippen molar-refractivity contribution in [3.63, 3.8) is 0 Å². The Morgan fingerprint density at radius 1 is 1.18 bits per heavy atom. The Morgan fingerprint density at radius 3 is 2.59 bits per heavy atom. The number of para-hydroxylation sites is 1. The van der Waals surface area contributed by atoms with Crippen LogP contribution in [0.4, 0.5) is 11.5 Å². The second-order valence-corrected chi connectivity index (χ2v) is 3.40. The van der Waals surface area contributed by atoms with Gasteiger partial charge in [0.15, 0.2) is 6.29 Å². The first kappa shape index (κ1) is 11.1. The average Bonchev–Trinajstić information content (AvgIpc) is 2.40. The van der Waals surface area contributed by atoms with Gasteiger partial charge in [-0.2, -0.15) is 4.98 Å². The van der Waals surface area contributed by atoms with Gasteiger partial charge in [0.05, 0.1) is 12.7 Å². The largest absolute Gasteiger partial charge is 0.481 e. The van der Waals surface area contributed by atoms with Crippen molar-refractivity contribution in [1.29, 1.82) is 0 Å². The molecule has 0 radical (unpaired) electrons. The molecule has 0 bridgehead atoms. The third kappa shape index (κ3) is 2.60. The number of nitrogens with zero attached hydrogens (tertiary/aromatic N) is 1. The summed E-state index contributed by atoms with van der Waals surface area (Å²) in [5.74, 6) is 0.958. The van der Waals surface area contributed by atoms with Gasteiger partial charge in [0.2, 0.25) is 5.88 Å². The first-order chi connectivity index (χ1) is 8.33. The molecule has 0 spiro atoms. The fourth-order valence-corrected chi connectivity index (χ4v) is 1.42. The van der Waals surface area contributed by atoms with Crippen molar-refractivity contribution < 1.29 is 9.53 Å². The monoisotopic (exact) mass is 228 g/mol. The molecule has 0 aliphatic heterocycles. The van der Waals surface area contributed by atoms with Gasteiger partial charge in [0.25, 0.3) is 0 Å². The number of methoxy groups -OCH3 is 1. The number of hydrogen-bond acceptors (Lipinski definition) is 4. The predicted octanol–water partition coefficient (Wildman–Crippen LogP) is 2.65. The summed E-state index contributed by atoms with van der Waals surface area (Å²) in [6.07, 6.45) is 0.762. The second kappa shape index (κ2) is 5.12. The highest BCUT2D eigenvalue weighted by Crippen LogP contribution is 2.20. The van der Waals surface area contributed by atoms with Crippen molar-refractivity contribution in [2.24, 2.45) is 0 Å². The Bertz CT molecular complexity index is 512. The number of rotatable bonds is 4. The van der Waals surface area contributed by atoms with E-state index >= 15 is 0 Å². The van der Waals surface area contributed by atoms with Gasteiger partial charge in [-0.25, -0.2) is 0 Å². The lowest BCUT2D eigenvalue weighted by atomic mass is 10.2. The maximum absolute atomic E-state index is 10.9. The highest BCUT2D eigenvalue weighted by atomic mass is 16.5. The fraction of sp³-hybridized carbons (Fsp3) is 0.0769. The Labute approximate surface area is 99.3 Å². The van der Waals surface area contributed by atoms with Crippen molar-refractivity contribution in [2.45, 2.75) is 0 Å². The minimum atomic E-state index is 0.467. The van der Waals surface area contributed by atoms with E-state index in [0.29, 0.717) is 17.3 Å². The lowest BCUT2D eigenvalue weighted by Gasteiger charge is -2.08. The molecule has 0 aliphatic carbocycles. The molecule has 0 aliphatic rings. The number of aldehydes is 1. The number of anilines is 2. The van der Waals surface area contributed by atoms with Gasteiger partial charge in [-0.3, -0.25) is 4.79 Å². The molecular weight excluding hydrogens is 216 g/mol. The van der Waals surface area contributed by atoms with Crippen molar-refractivity contribution in [2.75, 3.05) is 12.4 Å². The highest BCUT2D eigenvalue weighted by molar-refractivity contribution is 5.84. The van der Waals surface area contributed by atoms with Crippen LogP contribution in [-0.4, -0.2) is 18.4 Å². The lowest BCUT2D eigenvalue weighted by Crippen LogP contribution is -2.00. The Morgan fingerprint density at radius 2 is 1.94 bits per heavy atom. The molecule has 86 valence electrons. The van der Waals surface area contributed by atoms with E-state index in [1.807, 2.05) is 30.3 Å². The summed E-state index contributed by atoms with van der Waals surface area (Å²) >= 11 is 0. The van der Waals surface area contributed by atoms with Gasteiger partial charge in [0, 0.05) is 11.8 Å². The van der Waals surface area contributed by atoms with Gasteiger partial charge < -0.3 is 10.1 Å². The van der Waals surface area contributed by atoms with E-state index in [-0.39, 0.29) is 0 Å². The summed E-state index contributed by atoms with van der Waals surface area (Å²) in [6.45, 7) is 0. The van der Waals surface area contributed by atoms with Gasteiger partial charge in [-0.1, -0.05) is 18.2 Å². The molecule has 0 saturated heterocycles. The molecule has 2 rings (SSSR count). The zero-order valence-electron chi connectivity index (χ0n) is 9.38. The molecule has 0 amide bonds. The molecule has 4 nitrogen and oxygen atoms in total. The van der Waals surface area contributed by atoms with Crippen LogP contribution in [0.25, 0.3) is 0 Å². The number of ether oxygens (including phenoxy) is 1. The third-order valence-electron chi connectivity index (χ3n) is 2.27. The Balaban J connectivity index is 2.33. The zero-order chi connectivity index (χ0) is 12.1. The number of aromatic nitrogens is 1. The first-order valence-corrected chi connectivity index (χ1v) is 5.16. The third-order valence-corrected chi connectivity index (χ3v) is 2.27. The topological polar surface area (TPSA) is 51.2 Å². The van der Waals surface area contributed by atoms with E-state index in [0.717, 1.165) is 12.0 Å². The summed E-state index contributed by atoms with van der Waals surface area (Å²) in [5, 5.41) is 3.08. The van der Waals surface area contributed by atoms with Crippen LogP contribution in [0.3, 0.4) is 0 Å². The van der Waals surface area contributed by atoms with Crippen LogP contribution in [0, 0.1) is 0 Å². The number of carbonyl (C=O) groups excluding carboxylic acids is 1. The molecule has 0 atom stereocenters. The number of hydrogen-bond donors (Lipinski definition) is 1. The minimum absolute atomic E-state index is 0.467. The standard InChI is InChI=1S/C13H12N2O2/c1-17-12-8-7-10(9-16)13(15-12)14-11-5-3-2-4-6-11/h2-9H,1H3,(H,14,15). The molecule has 1 heterocycles. The summed E-state index contributed by atoms with van der Waals surface area (Å²) < 4.78 is 5.03. The molecule has 4 heteroatoms. The molecule has 1 N–H and O–H groups in total. The van der Waals surface area contributed by atoms with Crippen LogP contribution in [0.1, 0.15) is 10.4 Å². The van der Waals surface area contributed by atoms with Crippen LogP contribution in [0.5, 0.6) is 5.88 Å². The van der Waals surface area contributed by atoms with Gasteiger partial charge in [-0.15, -0.1) is 0 Å². The number of pyridine rings is 1. The van der Waals surface area contributed by atoms with Crippen molar-refractivity contribution in [3.05, 3.63) is 48.0 Å². The normalized spacial score (nSPS) is 9.71. The Hall–Kier alpha value is -2.36. The highest BCUT2D eigenvalue weighted by Gasteiger charge is 2.05. The van der Waals surface area contributed by atoms with Crippen LogP contribution in [-0.2, 0) is 0 Å². The molecule has 0 saturated carbocycles.